The molecule has 2 N–H and O–H groups in total. The fourth-order valence-electron chi connectivity index (χ4n) is 1.57. The fourth-order valence-corrected chi connectivity index (χ4v) is 1.57. The van der Waals surface area contributed by atoms with Gasteiger partial charge in [-0.15, -0.1) is 0 Å². The van der Waals surface area contributed by atoms with Gasteiger partial charge in [0.15, 0.2) is 0 Å². The van der Waals surface area contributed by atoms with Gasteiger partial charge in [0.05, 0.1) is 20.8 Å². The molecule has 1 aromatic carbocycles. The van der Waals surface area contributed by atoms with E-state index in [9.17, 15) is 0 Å². The molecular weight excluding hydrogens is 206 g/mol. The number of aliphatic hydroxyl groups excluding tert-OH is 1. The van der Waals surface area contributed by atoms with E-state index in [1.54, 1.807) is 14.2 Å². The summed E-state index contributed by atoms with van der Waals surface area (Å²) in [5.41, 5.74) is 1.02. The van der Waals surface area contributed by atoms with Crippen molar-refractivity contribution in [1.82, 2.24) is 5.32 Å². The maximum Gasteiger partial charge on any atom is 0.123 e. The van der Waals surface area contributed by atoms with E-state index in [1.165, 1.54) is 0 Å². The summed E-state index contributed by atoms with van der Waals surface area (Å²) in [4.78, 5) is 0. The van der Waals surface area contributed by atoms with Gasteiger partial charge < -0.3 is 19.9 Å². The van der Waals surface area contributed by atoms with Crippen molar-refractivity contribution in [2.75, 3.05) is 27.4 Å². The Morgan fingerprint density at radius 1 is 1.31 bits per heavy atom. The molecule has 0 radical (unpaired) electrons. The summed E-state index contributed by atoms with van der Waals surface area (Å²) in [5.74, 6) is 1.62. The standard InChI is InChI=1S/C12H19NO3/c1-9(13-6-7-14)11-8-10(15-2)4-5-12(11)16-3/h4-5,8-9,13-14H,6-7H2,1-3H3/t9-/m0/s1. The molecule has 4 nitrogen and oxygen atoms in total. The zero-order chi connectivity index (χ0) is 12.0. The average molecular weight is 225 g/mol. The maximum absolute atomic E-state index is 8.77. The Balaban J connectivity index is 2.89. The topological polar surface area (TPSA) is 50.7 Å². The Bertz CT molecular complexity index is 328. The van der Waals surface area contributed by atoms with Crippen LogP contribution >= 0.6 is 0 Å². The Morgan fingerprint density at radius 2 is 2.06 bits per heavy atom. The minimum absolute atomic E-state index is 0.109. The molecule has 0 heterocycles. The molecule has 1 aromatic rings. The number of ether oxygens (including phenoxy) is 2. The largest absolute Gasteiger partial charge is 0.497 e. The SMILES string of the molecule is COc1ccc(OC)c([C@H](C)NCCO)c1. The van der Waals surface area contributed by atoms with Crippen molar-refractivity contribution in [3.8, 4) is 11.5 Å². The molecule has 0 saturated carbocycles. The van der Waals surface area contributed by atoms with E-state index in [2.05, 4.69) is 5.32 Å². The van der Waals surface area contributed by atoms with Crippen molar-refractivity contribution < 1.29 is 14.6 Å². The lowest BCUT2D eigenvalue weighted by atomic mass is 10.1. The van der Waals surface area contributed by atoms with Crippen LogP contribution in [0, 0.1) is 0 Å². The first kappa shape index (κ1) is 12.8. The quantitative estimate of drug-likeness (QED) is 0.767. The van der Waals surface area contributed by atoms with E-state index in [4.69, 9.17) is 14.6 Å². The van der Waals surface area contributed by atoms with Crippen LogP contribution in [0.2, 0.25) is 0 Å². The Hall–Kier alpha value is -1.26. The molecule has 0 fully saturated rings. The van der Waals surface area contributed by atoms with Crippen LogP contribution in [0.3, 0.4) is 0 Å². The highest BCUT2D eigenvalue weighted by Crippen LogP contribution is 2.28. The monoisotopic (exact) mass is 225 g/mol. The summed E-state index contributed by atoms with van der Waals surface area (Å²) >= 11 is 0. The van der Waals surface area contributed by atoms with Crippen LogP contribution in [-0.2, 0) is 0 Å². The summed E-state index contributed by atoms with van der Waals surface area (Å²) in [6.45, 7) is 2.70. The van der Waals surface area contributed by atoms with Crippen molar-refractivity contribution in [2.24, 2.45) is 0 Å². The normalized spacial score (nSPS) is 12.2. The maximum atomic E-state index is 8.77. The third-order valence-electron chi connectivity index (χ3n) is 2.47. The summed E-state index contributed by atoms with van der Waals surface area (Å²) in [6.07, 6.45) is 0. The first-order valence-corrected chi connectivity index (χ1v) is 5.29. The van der Waals surface area contributed by atoms with Gasteiger partial charge in [0.2, 0.25) is 0 Å². The van der Waals surface area contributed by atoms with Gasteiger partial charge in [-0.05, 0) is 25.1 Å². The molecule has 4 heteroatoms. The highest BCUT2D eigenvalue weighted by atomic mass is 16.5. The molecule has 90 valence electrons. The van der Waals surface area contributed by atoms with E-state index in [0.717, 1.165) is 17.1 Å². The molecule has 0 saturated heterocycles. The lowest BCUT2D eigenvalue weighted by Crippen LogP contribution is -2.22. The minimum atomic E-state index is 0.109. The third-order valence-corrected chi connectivity index (χ3v) is 2.47. The molecule has 0 unspecified atom stereocenters. The van der Waals surface area contributed by atoms with Gasteiger partial charge >= 0.3 is 0 Å². The van der Waals surface area contributed by atoms with E-state index in [0.29, 0.717) is 6.54 Å². The Labute approximate surface area is 96.2 Å². The summed E-state index contributed by atoms with van der Waals surface area (Å²) < 4.78 is 10.5. The van der Waals surface area contributed by atoms with Gasteiger partial charge in [0.1, 0.15) is 11.5 Å². The number of benzene rings is 1. The smallest absolute Gasteiger partial charge is 0.123 e. The second-order valence-electron chi connectivity index (χ2n) is 3.51. The van der Waals surface area contributed by atoms with Gasteiger partial charge in [-0.3, -0.25) is 0 Å². The predicted molar refractivity (Wildman–Crippen MR) is 63.0 cm³/mol. The summed E-state index contributed by atoms with van der Waals surface area (Å²) in [5, 5.41) is 12.0. The highest BCUT2D eigenvalue weighted by Gasteiger charge is 2.11. The number of aliphatic hydroxyl groups is 1. The molecule has 1 atom stereocenters. The first-order valence-electron chi connectivity index (χ1n) is 5.29. The lowest BCUT2D eigenvalue weighted by molar-refractivity contribution is 0.285. The van der Waals surface area contributed by atoms with E-state index in [1.807, 2.05) is 25.1 Å². The number of methoxy groups -OCH3 is 2. The van der Waals surface area contributed by atoms with Crippen molar-refractivity contribution in [3.63, 3.8) is 0 Å². The number of nitrogens with one attached hydrogen (secondary N) is 1. The Morgan fingerprint density at radius 3 is 2.62 bits per heavy atom. The summed E-state index contributed by atoms with van der Waals surface area (Å²) in [6, 6.07) is 5.79. The highest BCUT2D eigenvalue weighted by molar-refractivity contribution is 5.42. The number of hydrogen-bond acceptors (Lipinski definition) is 4. The minimum Gasteiger partial charge on any atom is -0.497 e. The molecule has 1 rings (SSSR count). The van der Waals surface area contributed by atoms with Crippen LogP contribution in [0.15, 0.2) is 18.2 Å². The summed E-state index contributed by atoms with van der Waals surface area (Å²) in [7, 11) is 3.28. The second kappa shape index (κ2) is 6.35. The van der Waals surface area contributed by atoms with E-state index < -0.39 is 0 Å². The zero-order valence-corrected chi connectivity index (χ0v) is 9.99. The van der Waals surface area contributed by atoms with Gasteiger partial charge in [-0.2, -0.15) is 0 Å². The lowest BCUT2D eigenvalue weighted by Gasteiger charge is -2.17. The number of hydrogen-bond donors (Lipinski definition) is 2. The van der Waals surface area contributed by atoms with Gasteiger partial charge in [0.25, 0.3) is 0 Å². The van der Waals surface area contributed by atoms with E-state index in [-0.39, 0.29) is 12.6 Å². The van der Waals surface area contributed by atoms with Crippen LogP contribution in [0.1, 0.15) is 18.5 Å². The molecular formula is C12H19NO3. The first-order chi connectivity index (χ1) is 7.72. The molecule has 0 aliphatic heterocycles. The fraction of sp³-hybridized carbons (Fsp3) is 0.500. The van der Waals surface area contributed by atoms with Crippen LogP contribution in [0.4, 0.5) is 0 Å². The third kappa shape index (κ3) is 3.12. The van der Waals surface area contributed by atoms with E-state index >= 15 is 0 Å². The number of rotatable bonds is 6. The molecule has 0 aliphatic carbocycles. The van der Waals surface area contributed by atoms with Gasteiger partial charge in [-0.25, -0.2) is 0 Å². The van der Waals surface area contributed by atoms with Crippen molar-refractivity contribution in [1.29, 1.82) is 0 Å². The Kier molecular flexibility index (Phi) is 5.08. The van der Waals surface area contributed by atoms with Crippen LogP contribution in [0.5, 0.6) is 11.5 Å². The van der Waals surface area contributed by atoms with Gasteiger partial charge in [0, 0.05) is 18.2 Å². The van der Waals surface area contributed by atoms with Crippen LogP contribution < -0.4 is 14.8 Å². The van der Waals surface area contributed by atoms with Crippen molar-refractivity contribution >= 4 is 0 Å². The predicted octanol–water partition coefficient (Wildman–Crippen LogP) is 1.35. The molecule has 0 bridgehead atoms. The van der Waals surface area contributed by atoms with Crippen molar-refractivity contribution in [3.05, 3.63) is 23.8 Å². The average Bonchev–Trinajstić information content (AvgIpc) is 2.35. The molecule has 0 amide bonds. The van der Waals surface area contributed by atoms with Gasteiger partial charge in [-0.1, -0.05) is 0 Å². The molecule has 0 aromatic heterocycles. The molecule has 16 heavy (non-hydrogen) atoms. The van der Waals surface area contributed by atoms with Crippen molar-refractivity contribution in [2.45, 2.75) is 13.0 Å². The molecule has 0 spiro atoms. The molecule has 0 aliphatic rings. The van der Waals surface area contributed by atoms with Crippen LogP contribution in [-0.4, -0.2) is 32.5 Å². The second-order valence-corrected chi connectivity index (χ2v) is 3.51. The van der Waals surface area contributed by atoms with Crippen LogP contribution in [0.25, 0.3) is 0 Å². The zero-order valence-electron chi connectivity index (χ0n) is 9.99.